The molecule has 26 heavy (non-hydrogen) atoms. The first-order chi connectivity index (χ1) is 12.8. The maximum Gasteiger partial charge on any atom is 0.144 e. The third-order valence-corrected chi connectivity index (χ3v) is 5.02. The molecule has 0 saturated heterocycles. The summed E-state index contributed by atoms with van der Waals surface area (Å²) in [6.07, 6.45) is 5.74. The summed E-state index contributed by atoms with van der Waals surface area (Å²) in [4.78, 5) is 4.52. The van der Waals surface area contributed by atoms with Crippen LogP contribution < -0.4 is 5.22 Å². The molecule has 0 saturated carbocycles. The van der Waals surface area contributed by atoms with Crippen LogP contribution >= 0.6 is 0 Å². The van der Waals surface area contributed by atoms with E-state index in [1.165, 1.54) is 16.2 Å². The highest BCUT2D eigenvalue weighted by molar-refractivity contribution is 6.23. The number of hydrogen-bond acceptors (Lipinski definition) is 2. The first kappa shape index (κ1) is 14.9. The van der Waals surface area contributed by atoms with Crippen molar-refractivity contribution < 1.29 is 4.42 Å². The highest BCUT2D eigenvalue weighted by Gasteiger charge is 2.19. The van der Waals surface area contributed by atoms with Crippen molar-refractivity contribution in [3.8, 4) is 11.3 Å². The molecule has 2 heterocycles. The minimum absolute atomic E-state index is 0.901. The van der Waals surface area contributed by atoms with Crippen molar-refractivity contribution in [2.24, 2.45) is 0 Å². The molecule has 0 N–H and O–H groups in total. The summed E-state index contributed by atoms with van der Waals surface area (Å²) in [7, 11) is 0. The number of benzene rings is 3. The van der Waals surface area contributed by atoms with Crippen LogP contribution in [-0.4, -0.2) is 4.98 Å². The number of hydrogen-bond donors (Lipinski definition) is 0. The minimum atomic E-state index is 0.901. The maximum atomic E-state index is 6.29. The molecule has 0 aliphatic rings. The summed E-state index contributed by atoms with van der Waals surface area (Å²) in [5, 5.41) is 7.15. The van der Waals surface area contributed by atoms with Crippen molar-refractivity contribution in [3.63, 3.8) is 0 Å². The van der Waals surface area contributed by atoms with E-state index in [0.29, 0.717) is 0 Å². The standard InChI is InChI=1S/C24H17NO/c1-3-8-18-16-9-4-5-10-17(16)19-12-13-20(21-11-6-7-14-25-21)24-23(19)22(18)15(2)26-24/h3-14H,1H2,2H3/b18-8-. The molecule has 124 valence electrons. The van der Waals surface area contributed by atoms with Gasteiger partial charge in [-0.15, -0.1) is 0 Å². The number of aryl methyl sites for hydroxylation is 1. The Bertz CT molecular complexity index is 1340. The Balaban J connectivity index is 2.08. The summed E-state index contributed by atoms with van der Waals surface area (Å²) in [5.41, 5.74) is 2.85. The van der Waals surface area contributed by atoms with E-state index < -0.39 is 0 Å². The molecule has 0 aliphatic carbocycles. The molecule has 2 nitrogen and oxygen atoms in total. The fourth-order valence-electron chi connectivity index (χ4n) is 3.97. The lowest BCUT2D eigenvalue weighted by atomic mass is 9.94. The molecule has 0 amide bonds. The van der Waals surface area contributed by atoms with Gasteiger partial charge in [0.1, 0.15) is 11.3 Å². The van der Waals surface area contributed by atoms with E-state index in [0.717, 1.165) is 38.6 Å². The molecular formula is C24H17NO. The fraction of sp³-hybridized carbons (Fsp3) is 0.0417. The van der Waals surface area contributed by atoms with Gasteiger partial charge in [-0.3, -0.25) is 4.98 Å². The third-order valence-electron chi connectivity index (χ3n) is 5.02. The van der Waals surface area contributed by atoms with Crippen molar-refractivity contribution in [1.29, 1.82) is 0 Å². The molecule has 0 bridgehead atoms. The predicted molar refractivity (Wildman–Crippen MR) is 109 cm³/mol. The molecule has 0 aliphatic heterocycles. The van der Waals surface area contributed by atoms with Crippen molar-refractivity contribution in [3.05, 3.63) is 84.4 Å². The quantitative estimate of drug-likeness (QED) is 0.381. The second kappa shape index (κ2) is 5.57. The topological polar surface area (TPSA) is 26.0 Å². The van der Waals surface area contributed by atoms with Crippen molar-refractivity contribution >= 4 is 38.6 Å². The van der Waals surface area contributed by atoms with Gasteiger partial charge in [-0.05, 0) is 46.5 Å². The van der Waals surface area contributed by atoms with Crippen LogP contribution in [0.15, 0.2) is 77.9 Å². The second-order valence-corrected chi connectivity index (χ2v) is 6.47. The van der Waals surface area contributed by atoms with Gasteiger partial charge in [-0.25, -0.2) is 0 Å². The van der Waals surface area contributed by atoms with Crippen LogP contribution in [0, 0.1) is 6.92 Å². The van der Waals surface area contributed by atoms with Crippen molar-refractivity contribution in [2.45, 2.75) is 6.92 Å². The molecule has 2 heteroatoms. The van der Waals surface area contributed by atoms with Crippen LogP contribution in [0.2, 0.25) is 0 Å². The van der Waals surface area contributed by atoms with Gasteiger partial charge in [0.05, 0.1) is 5.69 Å². The van der Waals surface area contributed by atoms with Gasteiger partial charge >= 0.3 is 0 Å². The monoisotopic (exact) mass is 335 g/mol. The van der Waals surface area contributed by atoms with E-state index in [2.05, 4.69) is 54.0 Å². The molecule has 0 atom stereocenters. The summed E-state index contributed by atoms with van der Waals surface area (Å²) < 4.78 is 6.29. The Labute approximate surface area is 151 Å². The van der Waals surface area contributed by atoms with Crippen molar-refractivity contribution in [1.82, 2.24) is 4.98 Å². The van der Waals surface area contributed by atoms with E-state index in [9.17, 15) is 0 Å². The lowest BCUT2D eigenvalue weighted by molar-refractivity contribution is 0.584. The first-order valence-corrected chi connectivity index (χ1v) is 8.70. The summed E-state index contributed by atoms with van der Waals surface area (Å²) in [5.74, 6) is 0.923. The van der Waals surface area contributed by atoms with Gasteiger partial charge in [0.2, 0.25) is 0 Å². The smallest absolute Gasteiger partial charge is 0.144 e. The Morgan fingerprint density at radius 1 is 0.885 bits per heavy atom. The molecule has 3 aromatic carbocycles. The Hall–Kier alpha value is -3.39. The van der Waals surface area contributed by atoms with E-state index in [4.69, 9.17) is 4.42 Å². The van der Waals surface area contributed by atoms with Crippen LogP contribution in [0.25, 0.3) is 49.8 Å². The van der Waals surface area contributed by atoms with E-state index in [-0.39, 0.29) is 0 Å². The molecule has 0 unspecified atom stereocenters. The Kier molecular flexibility index (Phi) is 3.19. The predicted octanol–water partition coefficient (Wildman–Crippen LogP) is 5.80. The summed E-state index contributed by atoms with van der Waals surface area (Å²) in [6, 6.07) is 18.8. The van der Waals surface area contributed by atoms with Gasteiger partial charge in [0.25, 0.3) is 0 Å². The molecule has 5 rings (SSSR count). The number of furan rings is 1. The lowest BCUT2D eigenvalue weighted by Gasteiger charge is -2.08. The third kappa shape index (κ3) is 1.96. The van der Waals surface area contributed by atoms with Crippen LogP contribution in [-0.2, 0) is 0 Å². The average molecular weight is 335 g/mol. The molecule has 5 aromatic rings. The van der Waals surface area contributed by atoms with E-state index in [1.807, 2.05) is 37.4 Å². The Morgan fingerprint density at radius 2 is 1.69 bits per heavy atom. The number of allylic oxidation sites excluding steroid dienone is 1. The Morgan fingerprint density at radius 3 is 2.46 bits per heavy atom. The number of rotatable bonds is 2. The minimum Gasteiger partial charge on any atom is -0.460 e. The molecule has 0 radical (unpaired) electrons. The largest absolute Gasteiger partial charge is 0.460 e. The number of fused-ring (bicyclic) bond motifs is 2. The van der Waals surface area contributed by atoms with Gasteiger partial charge in [0, 0.05) is 22.5 Å². The normalized spacial score (nSPS) is 12.4. The molecule has 2 aromatic heterocycles. The highest BCUT2D eigenvalue weighted by atomic mass is 16.3. The van der Waals surface area contributed by atoms with Crippen LogP contribution in [0.5, 0.6) is 0 Å². The SMILES string of the molecule is C=C/C=c1/c2ccccc2c2ccc(-c3ccccn3)c3oc(C)c1c32. The van der Waals surface area contributed by atoms with Gasteiger partial charge in [0.15, 0.2) is 0 Å². The highest BCUT2D eigenvalue weighted by Crippen LogP contribution is 2.39. The number of nitrogens with zero attached hydrogens (tertiary/aromatic N) is 1. The molecular weight excluding hydrogens is 318 g/mol. The zero-order chi connectivity index (χ0) is 17.7. The van der Waals surface area contributed by atoms with Gasteiger partial charge < -0.3 is 4.42 Å². The van der Waals surface area contributed by atoms with Gasteiger partial charge in [-0.2, -0.15) is 0 Å². The second-order valence-electron chi connectivity index (χ2n) is 6.47. The molecule has 0 fully saturated rings. The van der Waals surface area contributed by atoms with E-state index in [1.54, 1.807) is 0 Å². The number of pyridine rings is 1. The summed E-state index contributed by atoms with van der Waals surface area (Å²) in [6.45, 7) is 5.94. The first-order valence-electron chi connectivity index (χ1n) is 8.70. The average Bonchev–Trinajstić information content (AvgIpc) is 3.03. The summed E-state index contributed by atoms with van der Waals surface area (Å²) >= 11 is 0. The van der Waals surface area contributed by atoms with Crippen LogP contribution in [0.1, 0.15) is 5.76 Å². The zero-order valence-corrected chi connectivity index (χ0v) is 14.5. The maximum absolute atomic E-state index is 6.29. The van der Waals surface area contributed by atoms with Crippen LogP contribution in [0.4, 0.5) is 0 Å². The van der Waals surface area contributed by atoms with Crippen molar-refractivity contribution in [2.75, 3.05) is 0 Å². The van der Waals surface area contributed by atoms with Crippen LogP contribution in [0.3, 0.4) is 0 Å². The van der Waals surface area contributed by atoms with E-state index >= 15 is 0 Å². The lowest BCUT2D eigenvalue weighted by Crippen LogP contribution is -2.04. The fourth-order valence-corrected chi connectivity index (χ4v) is 3.97. The number of aromatic nitrogens is 1. The van der Waals surface area contributed by atoms with Gasteiger partial charge in [-0.1, -0.05) is 55.1 Å². The molecule has 0 spiro atoms. The zero-order valence-electron chi connectivity index (χ0n) is 14.5.